The van der Waals surface area contributed by atoms with Crippen molar-refractivity contribution in [3.63, 3.8) is 0 Å². The van der Waals surface area contributed by atoms with E-state index in [2.05, 4.69) is 0 Å². The largest absolute Gasteiger partial charge is 0.481 e. The molecule has 1 saturated heterocycles. The maximum absolute atomic E-state index is 11.9. The highest BCUT2D eigenvalue weighted by atomic mass is 16.5. The Morgan fingerprint density at radius 3 is 2.58 bits per heavy atom. The highest BCUT2D eigenvalue weighted by molar-refractivity contribution is 5.86. The average Bonchev–Trinajstić information content (AvgIpc) is 2.91. The summed E-state index contributed by atoms with van der Waals surface area (Å²) < 4.78 is 5.80. The van der Waals surface area contributed by atoms with Gasteiger partial charge >= 0.3 is 5.97 Å². The third-order valence-corrected chi connectivity index (χ3v) is 4.09. The van der Waals surface area contributed by atoms with Gasteiger partial charge in [0.25, 0.3) is 0 Å². The van der Waals surface area contributed by atoms with Crippen LogP contribution in [0.5, 0.6) is 11.5 Å². The van der Waals surface area contributed by atoms with Gasteiger partial charge in [0, 0.05) is 19.5 Å². The fourth-order valence-corrected chi connectivity index (χ4v) is 2.79. The van der Waals surface area contributed by atoms with E-state index < -0.39 is 11.9 Å². The first kappa shape index (κ1) is 16.1. The smallest absolute Gasteiger partial charge is 0.308 e. The van der Waals surface area contributed by atoms with Crippen LogP contribution in [0.25, 0.3) is 0 Å². The van der Waals surface area contributed by atoms with Crippen molar-refractivity contribution in [1.29, 1.82) is 0 Å². The third kappa shape index (κ3) is 3.74. The van der Waals surface area contributed by atoms with Crippen LogP contribution in [0.15, 0.2) is 48.5 Å². The Balaban J connectivity index is 1.63. The zero-order valence-corrected chi connectivity index (χ0v) is 13.4. The van der Waals surface area contributed by atoms with Crippen molar-refractivity contribution in [3.05, 3.63) is 59.7 Å². The Morgan fingerprint density at radius 1 is 1.21 bits per heavy atom. The molecule has 1 unspecified atom stereocenters. The zero-order valence-electron chi connectivity index (χ0n) is 13.4. The van der Waals surface area contributed by atoms with E-state index >= 15 is 0 Å². The number of hydrogen-bond donors (Lipinski definition) is 1. The molecule has 0 saturated carbocycles. The number of nitrogens with zero attached hydrogens (tertiary/aromatic N) is 1. The molecule has 1 N–H and O–H groups in total. The number of rotatable bonds is 5. The van der Waals surface area contributed by atoms with Gasteiger partial charge < -0.3 is 14.7 Å². The van der Waals surface area contributed by atoms with Gasteiger partial charge in [-0.15, -0.1) is 0 Å². The summed E-state index contributed by atoms with van der Waals surface area (Å²) in [5.74, 6) is -0.112. The Bertz CT molecular complexity index is 754. The van der Waals surface area contributed by atoms with Crippen molar-refractivity contribution >= 4 is 11.9 Å². The van der Waals surface area contributed by atoms with E-state index in [-0.39, 0.29) is 18.9 Å². The number of likely N-dealkylation sites (tertiary alicyclic amines) is 1. The van der Waals surface area contributed by atoms with Gasteiger partial charge in [-0.2, -0.15) is 0 Å². The molecule has 2 aromatic carbocycles. The molecule has 0 radical (unpaired) electrons. The Labute approximate surface area is 140 Å². The number of carboxylic acid groups (broad SMARTS) is 1. The van der Waals surface area contributed by atoms with Gasteiger partial charge in [-0.1, -0.05) is 24.3 Å². The maximum atomic E-state index is 11.9. The summed E-state index contributed by atoms with van der Waals surface area (Å²) in [5.41, 5.74) is 2.08. The maximum Gasteiger partial charge on any atom is 0.308 e. The lowest BCUT2D eigenvalue weighted by Gasteiger charge is -2.16. The van der Waals surface area contributed by atoms with Crippen LogP contribution < -0.4 is 4.74 Å². The van der Waals surface area contributed by atoms with Crippen LogP contribution in [0.2, 0.25) is 0 Å². The molecule has 5 heteroatoms. The quantitative estimate of drug-likeness (QED) is 0.916. The monoisotopic (exact) mass is 325 g/mol. The lowest BCUT2D eigenvalue weighted by Crippen LogP contribution is -2.25. The molecule has 2 aromatic rings. The van der Waals surface area contributed by atoms with E-state index in [0.717, 1.165) is 22.6 Å². The number of benzene rings is 2. The van der Waals surface area contributed by atoms with Crippen LogP contribution in [0.3, 0.4) is 0 Å². The first-order chi connectivity index (χ1) is 11.5. The molecule has 3 rings (SSSR count). The van der Waals surface area contributed by atoms with Gasteiger partial charge in [-0.3, -0.25) is 9.59 Å². The number of carboxylic acids is 1. The molecule has 0 aliphatic carbocycles. The zero-order chi connectivity index (χ0) is 17.1. The van der Waals surface area contributed by atoms with Gasteiger partial charge in [0.2, 0.25) is 5.91 Å². The van der Waals surface area contributed by atoms with E-state index in [1.54, 1.807) is 4.90 Å². The molecule has 124 valence electrons. The second-order valence-corrected chi connectivity index (χ2v) is 6.08. The molecular weight excluding hydrogens is 306 g/mol. The standard InChI is InChI=1S/C19H19NO4/c1-13-3-2-4-17(9-13)24-16-7-5-14(6-8-16)11-20-12-15(19(22)23)10-18(20)21/h2-9,15H,10-12H2,1H3,(H,22,23). The summed E-state index contributed by atoms with van der Waals surface area (Å²) in [5, 5.41) is 9.02. The number of carbonyl (C=O) groups is 2. The van der Waals surface area contributed by atoms with E-state index in [1.165, 1.54) is 0 Å². The fourth-order valence-electron chi connectivity index (χ4n) is 2.79. The highest BCUT2D eigenvalue weighted by Gasteiger charge is 2.33. The fraction of sp³-hybridized carbons (Fsp3) is 0.263. The summed E-state index contributed by atoms with van der Waals surface area (Å²) >= 11 is 0. The van der Waals surface area contributed by atoms with Crippen molar-refractivity contribution in [2.75, 3.05) is 6.54 Å². The molecule has 1 heterocycles. The van der Waals surface area contributed by atoms with E-state index in [1.807, 2.05) is 55.5 Å². The predicted octanol–water partition coefficient (Wildman–Crippen LogP) is 3.22. The van der Waals surface area contributed by atoms with E-state index in [0.29, 0.717) is 6.54 Å². The average molecular weight is 325 g/mol. The first-order valence-electron chi connectivity index (χ1n) is 7.85. The number of amides is 1. The minimum atomic E-state index is -0.909. The predicted molar refractivity (Wildman–Crippen MR) is 88.9 cm³/mol. The number of aliphatic carboxylic acids is 1. The van der Waals surface area contributed by atoms with Crippen LogP contribution in [0, 0.1) is 12.8 Å². The molecular formula is C19H19NO4. The third-order valence-electron chi connectivity index (χ3n) is 4.09. The van der Waals surface area contributed by atoms with E-state index in [4.69, 9.17) is 9.84 Å². The van der Waals surface area contributed by atoms with Crippen LogP contribution in [-0.2, 0) is 16.1 Å². The molecule has 1 amide bonds. The summed E-state index contributed by atoms with van der Waals surface area (Å²) in [4.78, 5) is 24.5. The molecule has 1 aliphatic heterocycles. The minimum absolute atomic E-state index is 0.0872. The van der Waals surface area contributed by atoms with Crippen molar-refractivity contribution in [2.24, 2.45) is 5.92 Å². The van der Waals surface area contributed by atoms with Crippen molar-refractivity contribution in [1.82, 2.24) is 4.90 Å². The van der Waals surface area contributed by atoms with Gasteiger partial charge in [-0.25, -0.2) is 0 Å². The summed E-state index contributed by atoms with van der Waals surface area (Å²) in [6.07, 6.45) is 0.0872. The topological polar surface area (TPSA) is 66.8 Å². The lowest BCUT2D eigenvalue weighted by molar-refractivity contribution is -0.141. The van der Waals surface area contributed by atoms with Crippen molar-refractivity contribution in [2.45, 2.75) is 19.9 Å². The van der Waals surface area contributed by atoms with Crippen molar-refractivity contribution < 1.29 is 19.4 Å². The molecule has 1 atom stereocenters. The van der Waals surface area contributed by atoms with E-state index in [9.17, 15) is 9.59 Å². The number of hydrogen-bond acceptors (Lipinski definition) is 3. The van der Waals surface area contributed by atoms with Gasteiger partial charge in [-0.05, 0) is 42.3 Å². The van der Waals surface area contributed by atoms with Crippen molar-refractivity contribution in [3.8, 4) is 11.5 Å². The summed E-state index contributed by atoms with van der Waals surface area (Å²) in [6.45, 7) is 2.70. The van der Waals surface area contributed by atoms with Gasteiger partial charge in [0.1, 0.15) is 11.5 Å². The minimum Gasteiger partial charge on any atom is -0.481 e. The molecule has 5 nitrogen and oxygen atoms in total. The molecule has 24 heavy (non-hydrogen) atoms. The Kier molecular flexibility index (Phi) is 4.51. The Hall–Kier alpha value is -2.82. The van der Waals surface area contributed by atoms with Crippen LogP contribution >= 0.6 is 0 Å². The summed E-state index contributed by atoms with van der Waals surface area (Å²) in [6, 6.07) is 15.3. The first-order valence-corrected chi connectivity index (χ1v) is 7.85. The number of carbonyl (C=O) groups excluding carboxylic acids is 1. The normalized spacial score (nSPS) is 17.1. The van der Waals surface area contributed by atoms with Gasteiger partial charge in [0.05, 0.1) is 5.92 Å². The molecule has 0 aromatic heterocycles. The van der Waals surface area contributed by atoms with Crippen LogP contribution in [0.4, 0.5) is 0 Å². The van der Waals surface area contributed by atoms with Gasteiger partial charge in [0.15, 0.2) is 0 Å². The molecule has 1 aliphatic rings. The molecule has 0 bridgehead atoms. The summed E-state index contributed by atoms with van der Waals surface area (Å²) in [7, 11) is 0. The number of ether oxygens (including phenoxy) is 1. The lowest BCUT2D eigenvalue weighted by atomic mass is 10.1. The molecule has 1 fully saturated rings. The Morgan fingerprint density at radius 2 is 1.96 bits per heavy atom. The van der Waals surface area contributed by atoms with Crippen LogP contribution in [-0.4, -0.2) is 28.4 Å². The highest BCUT2D eigenvalue weighted by Crippen LogP contribution is 2.24. The molecule has 0 spiro atoms. The second-order valence-electron chi connectivity index (χ2n) is 6.08. The van der Waals surface area contributed by atoms with Crippen LogP contribution in [0.1, 0.15) is 17.5 Å². The SMILES string of the molecule is Cc1cccc(Oc2ccc(CN3CC(C(=O)O)CC3=O)cc2)c1. The number of aryl methyl sites for hydroxylation is 1. The second kappa shape index (κ2) is 6.74.